The van der Waals surface area contributed by atoms with Crippen LogP contribution in [0.5, 0.6) is 0 Å². The number of carbonyl (C=O) groups excluding carboxylic acids is 1. The zero-order valence-corrected chi connectivity index (χ0v) is 11.6. The van der Waals surface area contributed by atoms with Gasteiger partial charge in [0.05, 0.1) is 6.04 Å². The number of aryl methyl sites for hydroxylation is 1. The number of nitrogens with zero attached hydrogens (tertiary/aromatic N) is 3. The molecule has 1 fully saturated rings. The van der Waals surface area contributed by atoms with E-state index in [0.29, 0.717) is 24.9 Å². The Balaban J connectivity index is 1.62. The molecule has 3 rings (SSSR count). The Morgan fingerprint density at radius 1 is 1.33 bits per heavy atom. The van der Waals surface area contributed by atoms with Crippen molar-refractivity contribution in [3.8, 4) is 0 Å². The number of hydrogen-bond acceptors (Lipinski definition) is 3. The molecular formula is C16H16FN3O. The molecule has 2 aromatic rings. The van der Waals surface area contributed by atoms with Crippen LogP contribution in [0.3, 0.4) is 0 Å². The quantitative estimate of drug-likeness (QED) is 0.867. The van der Waals surface area contributed by atoms with Crippen molar-refractivity contribution >= 4 is 5.91 Å². The van der Waals surface area contributed by atoms with Crippen molar-refractivity contribution in [3.63, 3.8) is 0 Å². The van der Waals surface area contributed by atoms with E-state index < -0.39 is 0 Å². The summed E-state index contributed by atoms with van der Waals surface area (Å²) in [6.45, 7) is 0.696. The summed E-state index contributed by atoms with van der Waals surface area (Å²) in [5.74, 6) is -0.191. The third-order valence-electron chi connectivity index (χ3n) is 3.84. The van der Waals surface area contributed by atoms with Crippen molar-refractivity contribution in [3.05, 3.63) is 59.9 Å². The largest absolute Gasteiger partial charge is 0.335 e. The Labute approximate surface area is 122 Å². The molecule has 0 radical (unpaired) electrons. The van der Waals surface area contributed by atoms with E-state index in [4.69, 9.17) is 0 Å². The van der Waals surface area contributed by atoms with Crippen LogP contribution in [0.15, 0.2) is 42.9 Å². The smallest absolute Gasteiger partial charge is 0.223 e. The summed E-state index contributed by atoms with van der Waals surface area (Å²) < 4.78 is 13.8. The van der Waals surface area contributed by atoms with Crippen molar-refractivity contribution in [2.45, 2.75) is 25.3 Å². The Morgan fingerprint density at radius 2 is 2.19 bits per heavy atom. The molecule has 4 nitrogen and oxygen atoms in total. The third kappa shape index (κ3) is 2.91. The van der Waals surface area contributed by atoms with Gasteiger partial charge in [0.2, 0.25) is 5.91 Å². The first-order chi connectivity index (χ1) is 10.3. The highest BCUT2D eigenvalue weighted by atomic mass is 19.1. The minimum absolute atomic E-state index is 0.0492. The summed E-state index contributed by atoms with van der Waals surface area (Å²) in [5, 5.41) is 0. The highest BCUT2D eigenvalue weighted by Crippen LogP contribution is 2.35. The minimum atomic E-state index is -0.240. The molecular weight excluding hydrogens is 269 g/mol. The van der Waals surface area contributed by atoms with Gasteiger partial charge in [0.1, 0.15) is 12.1 Å². The summed E-state index contributed by atoms with van der Waals surface area (Å²) >= 11 is 0. The molecule has 1 atom stereocenters. The van der Waals surface area contributed by atoms with Gasteiger partial charge >= 0.3 is 0 Å². The average molecular weight is 285 g/mol. The van der Waals surface area contributed by atoms with Gasteiger partial charge in [0.25, 0.3) is 0 Å². The molecule has 1 saturated heterocycles. The third-order valence-corrected chi connectivity index (χ3v) is 3.84. The molecule has 0 N–H and O–H groups in total. The van der Waals surface area contributed by atoms with Gasteiger partial charge in [-0.05, 0) is 25.0 Å². The van der Waals surface area contributed by atoms with Gasteiger partial charge in [-0.25, -0.2) is 14.4 Å². The number of benzene rings is 1. The number of rotatable bonds is 4. The molecule has 1 aromatic carbocycles. The van der Waals surface area contributed by atoms with Crippen LogP contribution in [-0.4, -0.2) is 27.3 Å². The van der Waals surface area contributed by atoms with Gasteiger partial charge in [-0.1, -0.05) is 18.2 Å². The molecule has 1 aliphatic rings. The Bertz CT molecular complexity index is 632. The van der Waals surface area contributed by atoms with Crippen LogP contribution in [0.25, 0.3) is 0 Å². The first kappa shape index (κ1) is 13.7. The van der Waals surface area contributed by atoms with Crippen molar-refractivity contribution in [1.29, 1.82) is 0 Å². The van der Waals surface area contributed by atoms with Crippen LogP contribution in [0.1, 0.15) is 30.1 Å². The van der Waals surface area contributed by atoms with Crippen LogP contribution >= 0.6 is 0 Å². The molecule has 0 saturated carbocycles. The molecule has 1 aromatic heterocycles. The summed E-state index contributed by atoms with van der Waals surface area (Å²) in [7, 11) is 0. The van der Waals surface area contributed by atoms with Crippen molar-refractivity contribution in [2.75, 3.05) is 6.54 Å². The van der Waals surface area contributed by atoms with E-state index in [2.05, 4.69) is 9.97 Å². The second-order valence-electron chi connectivity index (χ2n) is 5.11. The van der Waals surface area contributed by atoms with E-state index >= 15 is 0 Å². The predicted octanol–water partition coefficient (Wildman–Crippen LogP) is 2.52. The monoisotopic (exact) mass is 285 g/mol. The van der Waals surface area contributed by atoms with Gasteiger partial charge < -0.3 is 4.90 Å². The van der Waals surface area contributed by atoms with E-state index in [1.165, 1.54) is 12.4 Å². The van der Waals surface area contributed by atoms with E-state index in [1.54, 1.807) is 35.4 Å². The fraction of sp³-hybridized carbons (Fsp3) is 0.312. The number of carbonyl (C=O) groups is 1. The van der Waals surface area contributed by atoms with E-state index in [0.717, 1.165) is 12.1 Å². The Morgan fingerprint density at radius 3 is 2.86 bits per heavy atom. The molecule has 0 spiro atoms. The SMILES string of the molecule is O=C(CCc1ccncn1)N1CC[C@H]1c1ccccc1F. The summed E-state index contributed by atoms with van der Waals surface area (Å²) in [5.41, 5.74) is 1.46. The topological polar surface area (TPSA) is 46.1 Å². The second kappa shape index (κ2) is 5.99. The van der Waals surface area contributed by atoms with E-state index in [-0.39, 0.29) is 17.8 Å². The highest BCUT2D eigenvalue weighted by Gasteiger charge is 2.34. The molecule has 5 heteroatoms. The van der Waals surface area contributed by atoms with Crippen LogP contribution in [-0.2, 0) is 11.2 Å². The van der Waals surface area contributed by atoms with Crippen molar-refractivity contribution in [1.82, 2.24) is 14.9 Å². The van der Waals surface area contributed by atoms with Gasteiger partial charge in [-0.2, -0.15) is 0 Å². The standard InChI is InChI=1S/C16H16FN3O/c17-14-4-2-1-3-13(14)15-8-10-20(15)16(21)6-5-12-7-9-18-11-19-12/h1-4,7,9,11,15H,5-6,8,10H2/t15-/m0/s1. The maximum absolute atomic E-state index is 13.8. The van der Waals surface area contributed by atoms with E-state index in [1.807, 2.05) is 0 Å². The normalized spacial score (nSPS) is 17.4. The zero-order valence-electron chi connectivity index (χ0n) is 11.6. The lowest BCUT2D eigenvalue weighted by Crippen LogP contribution is -2.45. The molecule has 0 aliphatic carbocycles. The maximum Gasteiger partial charge on any atom is 0.223 e. The lowest BCUT2D eigenvalue weighted by atomic mass is 9.93. The maximum atomic E-state index is 13.8. The Kier molecular flexibility index (Phi) is 3.90. The predicted molar refractivity (Wildman–Crippen MR) is 75.8 cm³/mol. The Hall–Kier alpha value is -2.30. The number of amides is 1. The van der Waals surface area contributed by atoms with Gasteiger partial charge in [0.15, 0.2) is 0 Å². The molecule has 2 heterocycles. The van der Waals surface area contributed by atoms with Crippen LogP contribution < -0.4 is 0 Å². The van der Waals surface area contributed by atoms with Crippen molar-refractivity contribution < 1.29 is 9.18 Å². The summed E-state index contributed by atoms with van der Waals surface area (Å²) in [6, 6.07) is 8.35. The fourth-order valence-corrected chi connectivity index (χ4v) is 2.60. The lowest BCUT2D eigenvalue weighted by Gasteiger charge is -2.41. The molecule has 21 heavy (non-hydrogen) atoms. The number of aromatic nitrogens is 2. The highest BCUT2D eigenvalue weighted by molar-refractivity contribution is 5.77. The number of hydrogen-bond donors (Lipinski definition) is 0. The minimum Gasteiger partial charge on any atom is -0.335 e. The van der Waals surface area contributed by atoms with Gasteiger partial charge in [-0.15, -0.1) is 0 Å². The van der Waals surface area contributed by atoms with Gasteiger partial charge in [0, 0.05) is 30.4 Å². The molecule has 108 valence electrons. The number of halogens is 1. The molecule has 1 aliphatic heterocycles. The average Bonchev–Trinajstić information content (AvgIpc) is 2.47. The van der Waals surface area contributed by atoms with E-state index in [9.17, 15) is 9.18 Å². The first-order valence-electron chi connectivity index (χ1n) is 7.04. The summed E-state index contributed by atoms with van der Waals surface area (Å²) in [4.78, 5) is 22.0. The molecule has 1 amide bonds. The zero-order chi connectivity index (χ0) is 14.7. The van der Waals surface area contributed by atoms with Crippen LogP contribution in [0.2, 0.25) is 0 Å². The van der Waals surface area contributed by atoms with Gasteiger partial charge in [-0.3, -0.25) is 4.79 Å². The van der Waals surface area contributed by atoms with Crippen molar-refractivity contribution in [2.24, 2.45) is 0 Å². The molecule has 0 bridgehead atoms. The second-order valence-corrected chi connectivity index (χ2v) is 5.11. The molecule has 0 unspecified atom stereocenters. The van der Waals surface area contributed by atoms with Crippen LogP contribution in [0.4, 0.5) is 4.39 Å². The van der Waals surface area contributed by atoms with Crippen LogP contribution in [0, 0.1) is 5.82 Å². The summed E-state index contributed by atoms with van der Waals surface area (Å²) in [6.07, 6.45) is 4.94. The fourth-order valence-electron chi connectivity index (χ4n) is 2.60. The first-order valence-corrected chi connectivity index (χ1v) is 7.04. The lowest BCUT2D eigenvalue weighted by molar-refractivity contribution is -0.139. The number of likely N-dealkylation sites (tertiary alicyclic amines) is 1.